The van der Waals surface area contributed by atoms with E-state index in [0.717, 1.165) is 19.3 Å². The summed E-state index contributed by atoms with van der Waals surface area (Å²) in [7, 11) is 0. The average Bonchev–Trinajstić information content (AvgIpc) is 2.03. The topological polar surface area (TPSA) is 40.5 Å². The van der Waals surface area contributed by atoms with E-state index in [4.69, 9.17) is 5.11 Å². The summed E-state index contributed by atoms with van der Waals surface area (Å²) in [5.74, 6) is 0.403. The molecular weight excluding hydrogens is 267 g/mol. The minimum atomic E-state index is -0.208. The van der Waals surface area contributed by atoms with Crippen LogP contribution < -0.4 is 0 Å². The van der Waals surface area contributed by atoms with Crippen molar-refractivity contribution in [1.29, 1.82) is 0 Å². The predicted molar refractivity (Wildman–Crippen MR) is 59.4 cm³/mol. The Morgan fingerprint density at radius 3 is 2.25 bits per heavy atom. The van der Waals surface area contributed by atoms with Gasteiger partial charge in [0, 0.05) is 6.61 Å². The van der Waals surface area contributed by atoms with Crippen LogP contribution in [0, 0.1) is 5.92 Å². The SMILES string of the molecule is C[C@H](CCCCCCO)[C@@H](O)I. The Morgan fingerprint density at radius 2 is 1.75 bits per heavy atom. The molecule has 0 spiro atoms. The highest BCUT2D eigenvalue weighted by molar-refractivity contribution is 14.1. The van der Waals surface area contributed by atoms with Crippen LogP contribution in [0.15, 0.2) is 0 Å². The molecule has 0 heterocycles. The molecule has 0 aromatic heterocycles. The van der Waals surface area contributed by atoms with Gasteiger partial charge >= 0.3 is 0 Å². The second-order valence-electron chi connectivity index (χ2n) is 3.28. The van der Waals surface area contributed by atoms with Gasteiger partial charge in [0.25, 0.3) is 0 Å². The molecule has 0 aliphatic heterocycles. The molecule has 2 atom stereocenters. The first-order valence-electron chi connectivity index (χ1n) is 4.61. The molecule has 2 N–H and O–H groups in total. The normalized spacial score (nSPS) is 16.0. The van der Waals surface area contributed by atoms with Gasteiger partial charge in [-0.05, 0) is 18.8 Å². The van der Waals surface area contributed by atoms with Crippen LogP contribution in [0.1, 0.15) is 39.0 Å². The van der Waals surface area contributed by atoms with Crippen molar-refractivity contribution in [2.45, 2.75) is 43.1 Å². The zero-order valence-electron chi connectivity index (χ0n) is 7.67. The van der Waals surface area contributed by atoms with Gasteiger partial charge < -0.3 is 10.2 Å². The van der Waals surface area contributed by atoms with Crippen LogP contribution in [0.25, 0.3) is 0 Å². The Labute approximate surface area is 88.5 Å². The van der Waals surface area contributed by atoms with E-state index in [9.17, 15) is 5.11 Å². The molecule has 0 amide bonds. The molecule has 0 fully saturated rings. The lowest BCUT2D eigenvalue weighted by Gasteiger charge is -2.12. The summed E-state index contributed by atoms with van der Waals surface area (Å²) in [6.45, 7) is 2.38. The highest BCUT2D eigenvalue weighted by Gasteiger charge is 2.08. The number of hydrogen-bond acceptors (Lipinski definition) is 2. The first-order valence-corrected chi connectivity index (χ1v) is 5.86. The maximum absolute atomic E-state index is 9.17. The van der Waals surface area contributed by atoms with Crippen LogP contribution in [-0.4, -0.2) is 20.9 Å². The van der Waals surface area contributed by atoms with Crippen LogP contribution in [0.2, 0.25) is 0 Å². The van der Waals surface area contributed by atoms with Crippen LogP contribution in [-0.2, 0) is 0 Å². The van der Waals surface area contributed by atoms with Crippen LogP contribution >= 0.6 is 22.6 Å². The molecule has 0 radical (unpaired) electrons. The molecule has 2 nitrogen and oxygen atoms in total. The van der Waals surface area contributed by atoms with E-state index in [-0.39, 0.29) is 4.11 Å². The molecule has 0 aromatic rings. The van der Waals surface area contributed by atoms with Crippen LogP contribution in [0.4, 0.5) is 0 Å². The Morgan fingerprint density at radius 1 is 1.17 bits per heavy atom. The van der Waals surface area contributed by atoms with Gasteiger partial charge in [-0.1, -0.05) is 48.8 Å². The summed E-state index contributed by atoms with van der Waals surface area (Å²) < 4.78 is -0.208. The second kappa shape index (κ2) is 8.26. The number of alkyl halides is 1. The first-order chi connectivity index (χ1) is 5.68. The molecule has 0 aromatic carbocycles. The number of hydrogen-bond donors (Lipinski definition) is 2. The predicted octanol–water partition coefficient (Wildman–Crippen LogP) is 2.32. The minimum absolute atomic E-state index is 0.208. The van der Waals surface area contributed by atoms with E-state index >= 15 is 0 Å². The van der Waals surface area contributed by atoms with Crippen molar-refractivity contribution in [3.05, 3.63) is 0 Å². The molecule has 74 valence electrons. The van der Waals surface area contributed by atoms with Gasteiger partial charge in [-0.2, -0.15) is 0 Å². The third-order valence-corrected chi connectivity index (χ3v) is 3.26. The maximum Gasteiger partial charge on any atom is 0.107 e. The molecule has 0 saturated heterocycles. The van der Waals surface area contributed by atoms with Crippen molar-refractivity contribution in [2.75, 3.05) is 6.61 Å². The van der Waals surface area contributed by atoms with Gasteiger partial charge in [-0.3, -0.25) is 0 Å². The molecule has 0 unspecified atom stereocenters. The van der Waals surface area contributed by atoms with E-state index in [1.54, 1.807) is 0 Å². The van der Waals surface area contributed by atoms with Crippen molar-refractivity contribution in [3.8, 4) is 0 Å². The fraction of sp³-hybridized carbons (Fsp3) is 1.00. The van der Waals surface area contributed by atoms with Gasteiger partial charge in [0.2, 0.25) is 0 Å². The average molecular weight is 286 g/mol. The summed E-state index contributed by atoms with van der Waals surface area (Å²) in [6, 6.07) is 0. The van der Waals surface area contributed by atoms with E-state index in [2.05, 4.69) is 29.5 Å². The molecule has 3 heteroatoms. The highest BCUT2D eigenvalue weighted by Crippen LogP contribution is 2.17. The third kappa shape index (κ3) is 7.31. The number of unbranched alkanes of at least 4 members (excludes halogenated alkanes) is 3. The largest absolute Gasteiger partial charge is 0.396 e. The van der Waals surface area contributed by atoms with Gasteiger partial charge in [0.1, 0.15) is 4.11 Å². The number of aliphatic hydroxyl groups is 2. The summed E-state index contributed by atoms with van der Waals surface area (Å²) >= 11 is 2.05. The van der Waals surface area contributed by atoms with E-state index < -0.39 is 0 Å². The fourth-order valence-corrected chi connectivity index (χ4v) is 1.43. The first kappa shape index (κ1) is 12.7. The molecule has 0 saturated carbocycles. The lowest BCUT2D eigenvalue weighted by Crippen LogP contribution is -2.08. The lowest BCUT2D eigenvalue weighted by atomic mass is 10.0. The second-order valence-corrected chi connectivity index (χ2v) is 4.55. The molecule has 0 bridgehead atoms. The van der Waals surface area contributed by atoms with Crippen molar-refractivity contribution in [2.24, 2.45) is 5.92 Å². The third-order valence-electron chi connectivity index (χ3n) is 2.04. The summed E-state index contributed by atoms with van der Waals surface area (Å²) in [5, 5.41) is 17.7. The van der Waals surface area contributed by atoms with Crippen molar-refractivity contribution < 1.29 is 10.2 Å². The van der Waals surface area contributed by atoms with Crippen LogP contribution in [0.5, 0.6) is 0 Å². The van der Waals surface area contributed by atoms with Gasteiger partial charge in [0.15, 0.2) is 0 Å². The zero-order valence-corrected chi connectivity index (χ0v) is 9.83. The van der Waals surface area contributed by atoms with E-state index in [1.165, 1.54) is 12.8 Å². The van der Waals surface area contributed by atoms with Crippen molar-refractivity contribution in [3.63, 3.8) is 0 Å². The summed E-state index contributed by atoms with van der Waals surface area (Å²) in [6.07, 6.45) is 5.47. The molecule has 0 aliphatic carbocycles. The van der Waals surface area contributed by atoms with Gasteiger partial charge in [-0.15, -0.1) is 0 Å². The van der Waals surface area contributed by atoms with Gasteiger partial charge in [0.05, 0.1) is 0 Å². The summed E-state index contributed by atoms with van der Waals surface area (Å²) in [5.41, 5.74) is 0. The quantitative estimate of drug-likeness (QED) is 0.428. The number of halogens is 1. The minimum Gasteiger partial charge on any atom is -0.396 e. The Bertz CT molecular complexity index is 96.5. The molecular formula is C9H19IO2. The Kier molecular flexibility index (Phi) is 8.70. The Balaban J connectivity index is 3.08. The Hall–Kier alpha value is 0.650. The zero-order chi connectivity index (χ0) is 9.40. The number of rotatable bonds is 7. The lowest BCUT2D eigenvalue weighted by molar-refractivity contribution is 0.207. The van der Waals surface area contributed by atoms with Crippen LogP contribution in [0.3, 0.4) is 0 Å². The van der Waals surface area contributed by atoms with Gasteiger partial charge in [-0.25, -0.2) is 0 Å². The molecule has 0 aliphatic rings. The van der Waals surface area contributed by atoms with Crippen molar-refractivity contribution in [1.82, 2.24) is 0 Å². The van der Waals surface area contributed by atoms with Crippen molar-refractivity contribution >= 4 is 22.6 Å². The van der Waals surface area contributed by atoms with E-state index in [1.807, 2.05) is 0 Å². The monoisotopic (exact) mass is 286 g/mol. The standard InChI is InChI=1S/C9H19IO2/c1-8(9(10)12)6-4-2-3-5-7-11/h8-9,11-12H,2-7H2,1H3/t8-,9-/m1/s1. The fourth-order valence-electron chi connectivity index (χ4n) is 1.07. The molecule has 0 rings (SSSR count). The van der Waals surface area contributed by atoms with E-state index in [0.29, 0.717) is 12.5 Å². The highest BCUT2D eigenvalue weighted by atomic mass is 127. The number of aliphatic hydroxyl groups excluding tert-OH is 2. The summed E-state index contributed by atoms with van der Waals surface area (Å²) in [4.78, 5) is 0. The smallest absolute Gasteiger partial charge is 0.107 e. The molecule has 12 heavy (non-hydrogen) atoms. The maximum atomic E-state index is 9.17.